The Morgan fingerprint density at radius 2 is 1.85 bits per heavy atom. The number of nitrogens with zero attached hydrogens (tertiary/aromatic N) is 1. The molecule has 4 rings (SSSR count). The number of piperidine rings is 1. The van der Waals surface area contributed by atoms with Crippen molar-refractivity contribution in [3.05, 3.63) is 47.0 Å². The van der Waals surface area contributed by atoms with Gasteiger partial charge in [0.2, 0.25) is 5.91 Å². The van der Waals surface area contributed by atoms with Gasteiger partial charge in [-0.15, -0.1) is 0 Å². The second-order valence-corrected chi connectivity index (χ2v) is 10.8. The third kappa shape index (κ3) is 6.04. The van der Waals surface area contributed by atoms with Gasteiger partial charge in [0.1, 0.15) is 5.75 Å². The molecule has 0 unspecified atom stereocenters. The molecule has 33 heavy (non-hydrogen) atoms. The van der Waals surface area contributed by atoms with Crippen LogP contribution in [-0.2, 0) is 26.0 Å². The Morgan fingerprint density at radius 3 is 2.58 bits per heavy atom. The molecule has 2 amide bonds. The second kappa shape index (κ2) is 10.1. The summed E-state index contributed by atoms with van der Waals surface area (Å²) in [5.41, 5.74) is 2.12. The molecule has 0 aliphatic carbocycles. The van der Waals surface area contributed by atoms with Crippen LogP contribution in [0.15, 0.2) is 41.3 Å². The number of sulfone groups is 1. The number of fused-ring (bicyclic) bond motifs is 1. The molecule has 2 N–H and O–H groups in total. The average molecular weight is 492 g/mol. The van der Waals surface area contributed by atoms with Crippen LogP contribution in [0.25, 0.3) is 0 Å². The molecule has 8 nitrogen and oxygen atoms in total. The highest BCUT2D eigenvalue weighted by atomic mass is 35.5. The third-order valence-corrected chi connectivity index (χ3v) is 7.87. The summed E-state index contributed by atoms with van der Waals surface area (Å²) in [5.74, 6) is -0.923. The fourth-order valence-electron chi connectivity index (χ4n) is 3.95. The Balaban J connectivity index is 1.33. The minimum absolute atomic E-state index is 0.0377. The van der Waals surface area contributed by atoms with Crippen molar-refractivity contribution in [1.82, 2.24) is 4.90 Å². The number of benzene rings is 2. The van der Waals surface area contributed by atoms with E-state index in [9.17, 15) is 18.0 Å². The first-order valence-electron chi connectivity index (χ1n) is 10.9. The van der Waals surface area contributed by atoms with Crippen LogP contribution in [0, 0.1) is 0 Å². The van der Waals surface area contributed by atoms with Gasteiger partial charge in [0.05, 0.1) is 21.4 Å². The van der Waals surface area contributed by atoms with Crippen LogP contribution >= 0.6 is 11.6 Å². The molecule has 2 heterocycles. The van der Waals surface area contributed by atoms with E-state index < -0.39 is 21.5 Å². The molecular weight excluding hydrogens is 466 g/mol. The Morgan fingerprint density at radius 1 is 1.12 bits per heavy atom. The van der Waals surface area contributed by atoms with Crippen LogP contribution < -0.4 is 15.4 Å². The molecule has 0 radical (unpaired) electrons. The lowest BCUT2D eigenvalue weighted by Crippen LogP contribution is -2.29. The Hall–Kier alpha value is -2.62. The Bertz CT molecular complexity index is 1150. The summed E-state index contributed by atoms with van der Waals surface area (Å²) < 4.78 is 30.8. The van der Waals surface area contributed by atoms with E-state index in [2.05, 4.69) is 15.5 Å². The predicted octanol–water partition coefficient (Wildman–Crippen LogP) is 3.46. The monoisotopic (exact) mass is 491 g/mol. The SMILES string of the molecule is O=C(CCS(=O)(=O)c1cc2c(cc1Cl)NC(=O)CO2)Nc1ccc(CN2CCCCC2)cc1. The Labute approximate surface area is 198 Å². The zero-order valence-corrected chi connectivity index (χ0v) is 19.7. The van der Waals surface area contributed by atoms with Gasteiger partial charge in [0.15, 0.2) is 16.4 Å². The summed E-state index contributed by atoms with van der Waals surface area (Å²) in [6.07, 6.45) is 3.54. The standard InChI is InChI=1S/C23H26ClN3O5S/c24-18-12-19-20(32-15-23(29)26-19)13-21(18)33(30,31)11-8-22(28)25-17-6-4-16(5-7-17)14-27-9-2-1-3-10-27/h4-7,12-13H,1-3,8-11,14-15H2,(H,25,28)(H,26,29). The van der Waals surface area contributed by atoms with Crippen molar-refractivity contribution in [2.24, 2.45) is 0 Å². The topological polar surface area (TPSA) is 105 Å². The molecule has 0 bridgehead atoms. The molecular formula is C23H26ClN3O5S. The van der Waals surface area contributed by atoms with Gasteiger partial charge in [-0.25, -0.2) is 8.42 Å². The molecule has 2 aromatic rings. The first-order valence-corrected chi connectivity index (χ1v) is 12.9. The van der Waals surface area contributed by atoms with E-state index in [-0.39, 0.29) is 34.6 Å². The number of ether oxygens (including phenoxy) is 1. The third-order valence-electron chi connectivity index (χ3n) is 5.69. The van der Waals surface area contributed by atoms with Gasteiger partial charge in [-0.1, -0.05) is 30.2 Å². The number of halogens is 1. The highest BCUT2D eigenvalue weighted by Gasteiger charge is 2.25. The number of amides is 2. The number of rotatable bonds is 7. The molecule has 0 spiro atoms. The van der Waals surface area contributed by atoms with Crippen LogP contribution in [0.3, 0.4) is 0 Å². The van der Waals surface area contributed by atoms with E-state index >= 15 is 0 Å². The molecule has 1 fully saturated rings. The van der Waals surface area contributed by atoms with Gasteiger partial charge in [0, 0.05) is 24.7 Å². The van der Waals surface area contributed by atoms with E-state index in [4.69, 9.17) is 16.3 Å². The zero-order valence-electron chi connectivity index (χ0n) is 18.1. The van der Waals surface area contributed by atoms with Crippen molar-refractivity contribution in [3.63, 3.8) is 0 Å². The molecule has 2 aliphatic rings. The van der Waals surface area contributed by atoms with E-state index in [1.165, 1.54) is 37.0 Å². The van der Waals surface area contributed by atoms with Crippen molar-refractivity contribution < 1.29 is 22.7 Å². The second-order valence-electron chi connectivity index (χ2n) is 8.27. The van der Waals surface area contributed by atoms with Crippen molar-refractivity contribution >= 4 is 44.6 Å². The van der Waals surface area contributed by atoms with Gasteiger partial charge in [-0.2, -0.15) is 0 Å². The predicted molar refractivity (Wildman–Crippen MR) is 126 cm³/mol. The van der Waals surface area contributed by atoms with Crippen LogP contribution in [0.2, 0.25) is 5.02 Å². The first kappa shape index (κ1) is 23.5. The van der Waals surface area contributed by atoms with Crippen molar-refractivity contribution in [2.45, 2.75) is 37.1 Å². The smallest absolute Gasteiger partial charge is 0.262 e. The molecule has 0 saturated carbocycles. The van der Waals surface area contributed by atoms with Crippen molar-refractivity contribution in [1.29, 1.82) is 0 Å². The van der Waals surface area contributed by atoms with Crippen LogP contribution in [0.1, 0.15) is 31.2 Å². The van der Waals surface area contributed by atoms with Gasteiger partial charge in [-0.3, -0.25) is 14.5 Å². The summed E-state index contributed by atoms with van der Waals surface area (Å²) in [6, 6.07) is 10.2. The van der Waals surface area contributed by atoms with E-state index in [0.717, 1.165) is 19.6 Å². The van der Waals surface area contributed by atoms with Crippen LogP contribution in [0.4, 0.5) is 11.4 Å². The molecule has 2 aliphatic heterocycles. The fourth-order valence-corrected chi connectivity index (χ4v) is 5.78. The number of carbonyl (C=O) groups is 2. The maximum absolute atomic E-state index is 12.8. The fraction of sp³-hybridized carbons (Fsp3) is 0.391. The number of hydrogen-bond donors (Lipinski definition) is 2. The molecule has 0 aromatic heterocycles. The highest BCUT2D eigenvalue weighted by Crippen LogP contribution is 2.36. The number of nitrogens with one attached hydrogen (secondary N) is 2. The molecule has 0 atom stereocenters. The van der Waals surface area contributed by atoms with Gasteiger partial charge < -0.3 is 15.4 Å². The Kier molecular flexibility index (Phi) is 7.21. The minimum atomic E-state index is -3.84. The summed E-state index contributed by atoms with van der Waals surface area (Å²) in [6.45, 7) is 2.92. The number of carbonyl (C=O) groups excluding carboxylic acids is 2. The number of anilines is 2. The summed E-state index contributed by atoms with van der Waals surface area (Å²) >= 11 is 6.13. The summed E-state index contributed by atoms with van der Waals surface area (Å²) in [5, 5.41) is 5.28. The lowest BCUT2D eigenvalue weighted by atomic mass is 10.1. The van der Waals surface area contributed by atoms with Gasteiger partial charge in [0.25, 0.3) is 5.91 Å². The number of hydrogen-bond acceptors (Lipinski definition) is 6. The van der Waals surface area contributed by atoms with Gasteiger partial charge >= 0.3 is 0 Å². The largest absolute Gasteiger partial charge is 0.482 e. The lowest BCUT2D eigenvalue weighted by Gasteiger charge is -2.26. The normalized spacial score (nSPS) is 16.5. The lowest BCUT2D eigenvalue weighted by molar-refractivity contribution is -0.118. The van der Waals surface area contributed by atoms with Crippen LogP contribution in [0.5, 0.6) is 5.75 Å². The van der Waals surface area contributed by atoms with E-state index in [1.54, 1.807) is 0 Å². The van der Waals surface area contributed by atoms with Crippen LogP contribution in [-0.4, -0.2) is 50.6 Å². The molecule has 1 saturated heterocycles. The quantitative estimate of drug-likeness (QED) is 0.614. The van der Waals surface area contributed by atoms with Gasteiger partial charge in [-0.05, 0) is 49.7 Å². The minimum Gasteiger partial charge on any atom is -0.482 e. The zero-order chi connectivity index (χ0) is 23.4. The molecule has 10 heteroatoms. The van der Waals surface area contributed by atoms with Crippen molar-refractivity contribution in [2.75, 3.05) is 36.1 Å². The first-order chi connectivity index (χ1) is 15.8. The average Bonchev–Trinajstić information content (AvgIpc) is 2.79. The van der Waals surface area contributed by atoms with E-state index in [1.807, 2.05) is 24.3 Å². The van der Waals surface area contributed by atoms with E-state index in [0.29, 0.717) is 11.4 Å². The van der Waals surface area contributed by atoms with Crippen molar-refractivity contribution in [3.8, 4) is 5.75 Å². The maximum atomic E-state index is 12.8. The molecule has 2 aromatic carbocycles. The maximum Gasteiger partial charge on any atom is 0.262 e. The highest BCUT2D eigenvalue weighted by molar-refractivity contribution is 7.91. The number of likely N-dealkylation sites (tertiary alicyclic amines) is 1. The summed E-state index contributed by atoms with van der Waals surface area (Å²) in [4.78, 5) is 26.1. The molecule has 176 valence electrons. The summed E-state index contributed by atoms with van der Waals surface area (Å²) in [7, 11) is -3.84.